The normalized spacial score (nSPS) is 10.6. The number of thiazole rings is 1. The van der Waals surface area contributed by atoms with E-state index < -0.39 is 0 Å². The van der Waals surface area contributed by atoms with Crippen molar-refractivity contribution in [2.75, 3.05) is 11.9 Å². The quantitative estimate of drug-likeness (QED) is 0.860. The van der Waals surface area contributed by atoms with Gasteiger partial charge >= 0.3 is 0 Å². The third-order valence-corrected chi connectivity index (χ3v) is 3.12. The molecule has 2 aromatic rings. The summed E-state index contributed by atoms with van der Waals surface area (Å²) in [5, 5.41) is 6.41. The maximum Gasteiger partial charge on any atom is 0.121 e. The molecule has 0 amide bonds. The third-order valence-electron chi connectivity index (χ3n) is 2.34. The fraction of sp³-hybridized carbons (Fsp3) is 0.357. The number of benzene rings is 1. The van der Waals surface area contributed by atoms with Crippen LogP contribution in [0.5, 0.6) is 5.75 Å². The van der Waals surface area contributed by atoms with Crippen molar-refractivity contribution in [2.24, 2.45) is 5.92 Å². The Kier molecular flexibility index (Phi) is 4.59. The van der Waals surface area contributed by atoms with Gasteiger partial charge in [-0.25, -0.2) is 4.98 Å². The molecule has 0 aliphatic rings. The number of nitrogens with zero attached hydrogens (tertiary/aromatic N) is 1. The highest BCUT2D eigenvalue weighted by Gasteiger charge is 2.00. The topological polar surface area (TPSA) is 34.1 Å². The summed E-state index contributed by atoms with van der Waals surface area (Å²) in [6.45, 7) is 5.79. The second kappa shape index (κ2) is 6.40. The Bertz CT molecular complexity index is 468. The Balaban J connectivity index is 1.90. The van der Waals surface area contributed by atoms with Gasteiger partial charge in [-0.2, -0.15) is 0 Å². The van der Waals surface area contributed by atoms with E-state index >= 15 is 0 Å². The largest absolute Gasteiger partial charge is 0.493 e. The van der Waals surface area contributed by atoms with Gasteiger partial charge in [0.05, 0.1) is 13.2 Å². The van der Waals surface area contributed by atoms with Crippen molar-refractivity contribution < 1.29 is 4.74 Å². The van der Waals surface area contributed by atoms with Gasteiger partial charge in [0.2, 0.25) is 0 Å². The van der Waals surface area contributed by atoms with Crippen LogP contribution < -0.4 is 10.1 Å². The fourth-order valence-corrected chi connectivity index (χ4v) is 2.03. The first-order valence-electron chi connectivity index (χ1n) is 6.09. The summed E-state index contributed by atoms with van der Waals surface area (Å²) >= 11 is 1.66. The smallest absolute Gasteiger partial charge is 0.121 e. The van der Waals surface area contributed by atoms with Crippen LogP contribution in [-0.4, -0.2) is 11.6 Å². The van der Waals surface area contributed by atoms with Crippen LogP contribution in [0.4, 0.5) is 5.69 Å². The summed E-state index contributed by atoms with van der Waals surface area (Å²) in [6, 6.07) is 8.04. The molecule has 0 aliphatic heterocycles. The van der Waals surface area contributed by atoms with Gasteiger partial charge < -0.3 is 10.1 Å². The van der Waals surface area contributed by atoms with E-state index in [1.54, 1.807) is 11.3 Å². The van der Waals surface area contributed by atoms with Crippen LogP contribution in [0.15, 0.2) is 35.8 Å². The molecular weight excluding hydrogens is 244 g/mol. The van der Waals surface area contributed by atoms with Crippen molar-refractivity contribution in [3.63, 3.8) is 0 Å². The van der Waals surface area contributed by atoms with E-state index in [1.807, 2.05) is 35.8 Å². The molecule has 3 nitrogen and oxygen atoms in total. The molecule has 1 aromatic carbocycles. The number of aromatic nitrogens is 1. The fourth-order valence-electron chi connectivity index (χ4n) is 1.48. The van der Waals surface area contributed by atoms with Gasteiger partial charge in [0.1, 0.15) is 10.8 Å². The van der Waals surface area contributed by atoms with Gasteiger partial charge in [-0.3, -0.25) is 0 Å². The average Bonchev–Trinajstić information content (AvgIpc) is 2.87. The Morgan fingerprint density at radius 2 is 2.28 bits per heavy atom. The molecule has 96 valence electrons. The first kappa shape index (κ1) is 12.9. The second-order valence-electron chi connectivity index (χ2n) is 4.51. The minimum absolute atomic E-state index is 0.539. The van der Waals surface area contributed by atoms with E-state index in [1.165, 1.54) is 0 Å². The molecule has 1 heterocycles. The Hall–Kier alpha value is -1.55. The van der Waals surface area contributed by atoms with E-state index in [4.69, 9.17) is 4.74 Å². The van der Waals surface area contributed by atoms with Crippen molar-refractivity contribution in [1.82, 2.24) is 4.98 Å². The van der Waals surface area contributed by atoms with Crippen LogP contribution in [0.3, 0.4) is 0 Å². The van der Waals surface area contributed by atoms with Crippen LogP contribution >= 0.6 is 11.3 Å². The number of anilines is 1. The Morgan fingerprint density at radius 3 is 3.00 bits per heavy atom. The van der Waals surface area contributed by atoms with Gasteiger partial charge in [-0.15, -0.1) is 11.3 Å². The Labute approximate surface area is 112 Å². The molecule has 0 saturated carbocycles. The molecule has 0 spiro atoms. The lowest BCUT2D eigenvalue weighted by Crippen LogP contribution is -2.05. The van der Waals surface area contributed by atoms with Crippen LogP contribution in [0.25, 0.3) is 0 Å². The molecule has 0 saturated heterocycles. The zero-order chi connectivity index (χ0) is 12.8. The predicted molar refractivity (Wildman–Crippen MR) is 76.2 cm³/mol. The number of rotatable bonds is 6. The van der Waals surface area contributed by atoms with Crippen molar-refractivity contribution in [3.8, 4) is 5.75 Å². The number of hydrogen-bond acceptors (Lipinski definition) is 4. The lowest BCUT2D eigenvalue weighted by atomic mass is 10.2. The van der Waals surface area contributed by atoms with Crippen LogP contribution in [0, 0.1) is 5.92 Å². The molecular formula is C14H18N2OS. The molecule has 1 aromatic heterocycles. The maximum atomic E-state index is 5.69. The first-order valence-corrected chi connectivity index (χ1v) is 6.97. The average molecular weight is 262 g/mol. The molecule has 4 heteroatoms. The van der Waals surface area contributed by atoms with Gasteiger partial charge in [0.15, 0.2) is 0 Å². The van der Waals surface area contributed by atoms with Crippen molar-refractivity contribution >= 4 is 17.0 Å². The van der Waals surface area contributed by atoms with Crippen molar-refractivity contribution in [1.29, 1.82) is 0 Å². The minimum atomic E-state index is 0.539. The SMILES string of the molecule is CC(C)COc1cccc(NCc2nccs2)c1. The van der Waals surface area contributed by atoms with Gasteiger partial charge in [0.25, 0.3) is 0 Å². The highest BCUT2D eigenvalue weighted by Crippen LogP contribution is 2.19. The third kappa shape index (κ3) is 4.04. The van der Waals surface area contributed by atoms with Gasteiger partial charge in [-0.05, 0) is 18.1 Å². The standard InChI is InChI=1S/C14H18N2OS/c1-11(2)10-17-13-5-3-4-12(8-13)16-9-14-15-6-7-18-14/h3-8,11,16H,9-10H2,1-2H3. The molecule has 2 rings (SSSR count). The summed E-state index contributed by atoms with van der Waals surface area (Å²) in [7, 11) is 0. The summed E-state index contributed by atoms with van der Waals surface area (Å²) in [5.74, 6) is 1.45. The van der Waals surface area contributed by atoms with Crippen LogP contribution in [0.1, 0.15) is 18.9 Å². The highest BCUT2D eigenvalue weighted by atomic mass is 32.1. The summed E-state index contributed by atoms with van der Waals surface area (Å²) < 4.78 is 5.69. The van der Waals surface area contributed by atoms with Gasteiger partial charge in [0, 0.05) is 23.3 Å². The van der Waals surface area contributed by atoms with Crippen LogP contribution in [0.2, 0.25) is 0 Å². The molecule has 0 atom stereocenters. The second-order valence-corrected chi connectivity index (χ2v) is 5.49. The molecule has 0 fully saturated rings. The molecule has 18 heavy (non-hydrogen) atoms. The van der Waals surface area contributed by atoms with E-state index in [0.29, 0.717) is 5.92 Å². The Morgan fingerprint density at radius 1 is 1.39 bits per heavy atom. The molecule has 0 aliphatic carbocycles. The number of nitrogens with one attached hydrogen (secondary N) is 1. The molecule has 0 radical (unpaired) electrons. The lowest BCUT2D eigenvalue weighted by Gasteiger charge is -2.10. The predicted octanol–water partition coefficient (Wildman–Crippen LogP) is 3.79. The molecule has 0 unspecified atom stereocenters. The van der Waals surface area contributed by atoms with E-state index in [2.05, 4.69) is 24.1 Å². The molecule has 1 N–H and O–H groups in total. The van der Waals surface area contributed by atoms with E-state index in [9.17, 15) is 0 Å². The van der Waals surface area contributed by atoms with Crippen LogP contribution in [-0.2, 0) is 6.54 Å². The van der Waals surface area contributed by atoms with E-state index in [0.717, 1.165) is 29.6 Å². The summed E-state index contributed by atoms with van der Waals surface area (Å²) in [4.78, 5) is 4.24. The zero-order valence-corrected chi connectivity index (χ0v) is 11.5. The summed E-state index contributed by atoms with van der Waals surface area (Å²) in [6.07, 6.45) is 1.82. The zero-order valence-electron chi connectivity index (χ0n) is 10.7. The number of hydrogen-bond donors (Lipinski definition) is 1. The number of ether oxygens (including phenoxy) is 1. The maximum absolute atomic E-state index is 5.69. The monoisotopic (exact) mass is 262 g/mol. The molecule has 0 bridgehead atoms. The van der Waals surface area contributed by atoms with Gasteiger partial charge in [-0.1, -0.05) is 19.9 Å². The minimum Gasteiger partial charge on any atom is -0.493 e. The van der Waals surface area contributed by atoms with Crippen molar-refractivity contribution in [3.05, 3.63) is 40.8 Å². The first-order chi connectivity index (χ1) is 8.74. The lowest BCUT2D eigenvalue weighted by molar-refractivity contribution is 0.271. The highest BCUT2D eigenvalue weighted by molar-refractivity contribution is 7.09. The van der Waals surface area contributed by atoms with E-state index in [-0.39, 0.29) is 0 Å². The summed E-state index contributed by atoms with van der Waals surface area (Å²) in [5.41, 5.74) is 1.06. The van der Waals surface area contributed by atoms with Crippen molar-refractivity contribution in [2.45, 2.75) is 20.4 Å².